The van der Waals surface area contributed by atoms with Gasteiger partial charge in [0.1, 0.15) is 5.75 Å². The summed E-state index contributed by atoms with van der Waals surface area (Å²) < 4.78 is 29.1. The van der Waals surface area contributed by atoms with Gasteiger partial charge in [-0.3, -0.25) is 0 Å². The van der Waals surface area contributed by atoms with E-state index in [-0.39, 0.29) is 42.2 Å². The SMILES string of the molecule is I.NC(=NCc1cc(Cl)ccc1OC(F)F)Nc1ccccc1. The predicted molar refractivity (Wildman–Crippen MR) is 98.9 cm³/mol. The highest BCUT2D eigenvalue weighted by Crippen LogP contribution is 2.25. The molecule has 3 N–H and O–H groups in total. The number of para-hydroxylation sites is 1. The van der Waals surface area contributed by atoms with Crippen LogP contribution in [0.5, 0.6) is 5.75 Å². The Morgan fingerprint density at radius 3 is 2.57 bits per heavy atom. The largest absolute Gasteiger partial charge is 0.434 e. The van der Waals surface area contributed by atoms with Crippen molar-refractivity contribution in [2.75, 3.05) is 5.32 Å². The van der Waals surface area contributed by atoms with Crippen LogP contribution in [0, 0.1) is 0 Å². The lowest BCUT2D eigenvalue weighted by molar-refractivity contribution is -0.0504. The highest BCUT2D eigenvalue weighted by Gasteiger charge is 2.10. The Hall–Kier alpha value is -1.61. The maximum absolute atomic E-state index is 12.4. The number of rotatable bonds is 5. The second-order valence-corrected chi connectivity index (χ2v) is 4.76. The van der Waals surface area contributed by atoms with Gasteiger partial charge in [-0.15, -0.1) is 24.0 Å². The van der Waals surface area contributed by atoms with Crippen LogP contribution in [-0.4, -0.2) is 12.6 Å². The van der Waals surface area contributed by atoms with Crippen LogP contribution in [0.1, 0.15) is 5.56 Å². The van der Waals surface area contributed by atoms with Crippen molar-refractivity contribution < 1.29 is 13.5 Å². The normalized spacial score (nSPS) is 11.0. The molecule has 0 aliphatic heterocycles. The molecule has 2 aromatic rings. The molecular weight excluding hydrogens is 439 g/mol. The van der Waals surface area contributed by atoms with E-state index in [2.05, 4.69) is 15.0 Å². The maximum Gasteiger partial charge on any atom is 0.387 e. The molecule has 0 heterocycles. The number of alkyl halides is 2. The molecule has 0 atom stereocenters. The van der Waals surface area contributed by atoms with Gasteiger partial charge in [0.25, 0.3) is 0 Å². The fourth-order valence-corrected chi connectivity index (χ4v) is 1.96. The Labute approximate surface area is 154 Å². The zero-order chi connectivity index (χ0) is 15.9. The summed E-state index contributed by atoms with van der Waals surface area (Å²) in [5.74, 6) is 0.185. The summed E-state index contributed by atoms with van der Waals surface area (Å²) in [6, 6.07) is 13.6. The van der Waals surface area contributed by atoms with Gasteiger partial charge in [0.2, 0.25) is 0 Å². The first-order chi connectivity index (χ1) is 10.5. The minimum absolute atomic E-state index is 0. The fraction of sp³-hybridized carbons (Fsp3) is 0.133. The third-order valence-electron chi connectivity index (χ3n) is 2.70. The second kappa shape index (κ2) is 9.51. The van der Waals surface area contributed by atoms with Gasteiger partial charge in [0.05, 0.1) is 6.54 Å². The first-order valence-corrected chi connectivity index (χ1v) is 6.77. The van der Waals surface area contributed by atoms with Crippen molar-refractivity contribution in [3.63, 3.8) is 0 Å². The van der Waals surface area contributed by atoms with Gasteiger partial charge < -0.3 is 15.8 Å². The molecule has 2 aromatic carbocycles. The smallest absolute Gasteiger partial charge is 0.387 e. The quantitative estimate of drug-likeness (QED) is 0.398. The minimum atomic E-state index is -2.91. The van der Waals surface area contributed by atoms with E-state index >= 15 is 0 Å². The summed E-state index contributed by atoms with van der Waals surface area (Å²) >= 11 is 5.86. The van der Waals surface area contributed by atoms with Crippen LogP contribution in [0.15, 0.2) is 53.5 Å². The molecule has 0 saturated heterocycles. The Bertz CT molecular complexity index is 656. The molecule has 23 heavy (non-hydrogen) atoms. The van der Waals surface area contributed by atoms with Crippen molar-refractivity contribution in [3.05, 3.63) is 59.1 Å². The predicted octanol–water partition coefficient (Wildman–Crippen LogP) is 4.49. The average molecular weight is 454 g/mol. The molecule has 124 valence electrons. The summed E-state index contributed by atoms with van der Waals surface area (Å²) in [5.41, 5.74) is 6.96. The van der Waals surface area contributed by atoms with Crippen LogP contribution in [0.2, 0.25) is 5.02 Å². The zero-order valence-electron chi connectivity index (χ0n) is 11.9. The van der Waals surface area contributed by atoms with Crippen molar-refractivity contribution in [2.45, 2.75) is 13.2 Å². The molecule has 0 amide bonds. The van der Waals surface area contributed by atoms with Crippen molar-refractivity contribution >= 4 is 47.2 Å². The van der Waals surface area contributed by atoms with Gasteiger partial charge in [-0.1, -0.05) is 29.8 Å². The van der Waals surface area contributed by atoms with Gasteiger partial charge in [0, 0.05) is 16.3 Å². The molecule has 0 radical (unpaired) electrons. The number of anilines is 1. The lowest BCUT2D eigenvalue weighted by atomic mass is 10.2. The van der Waals surface area contributed by atoms with Gasteiger partial charge in [-0.05, 0) is 30.3 Å². The van der Waals surface area contributed by atoms with Crippen LogP contribution in [0.3, 0.4) is 0 Å². The van der Waals surface area contributed by atoms with E-state index < -0.39 is 6.61 Å². The average Bonchev–Trinajstić information content (AvgIpc) is 2.48. The lowest BCUT2D eigenvalue weighted by Crippen LogP contribution is -2.22. The van der Waals surface area contributed by atoms with E-state index in [1.165, 1.54) is 18.2 Å². The molecule has 2 rings (SSSR count). The number of hydrogen-bond acceptors (Lipinski definition) is 2. The van der Waals surface area contributed by atoms with Crippen LogP contribution < -0.4 is 15.8 Å². The van der Waals surface area contributed by atoms with Crippen LogP contribution in [0.4, 0.5) is 14.5 Å². The topological polar surface area (TPSA) is 59.6 Å². The molecule has 0 aliphatic rings. The van der Waals surface area contributed by atoms with E-state index in [0.717, 1.165) is 5.69 Å². The number of halogens is 4. The summed E-state index contributed by atoms with van der Waals surface area (Å²) in [6.07, 6.45) is 0. The van der Waals surface area contributed by atoms with Gasteiger partial charge >= 0.3 is 6.61 Å². The first kappa shape index (κ1) is 19.4. The standard InChI is InChI=1S/C15H14ClF2N3O.HI/c16-11-6-7-13(22-14(17)18)10(8-11)9-20-15(19)21-12-4-2-1-3-5-12;/h1-8,14H,9H2,(H3,19,20,21);1H. The third kappa shape index (κ3) is 6.57. The van der Waals surface area contributed by atoms with Gasteiger partial charge in [-0.25, -0.2) is 4.99 Å². The fourth-order valence-electron chi connectivity index (χ4n) is 1.76. The number of guanidine groups is 1. The van der Waals surface area contributed by atoms with Crippen LogP contribution >= 0.6 is 35.6 Å². The maximum atomic E-state index is 12.4. The lowest BCUT2D eigenvalue weighted by Gasteiger charge is -2.10. The Morgan fingerprint density at radius 1 is 1.22 bits per heavy atom. The van der Waals surface area contributed by atoms with E-state index in [9.17, 15) is 8.78 Å². The molecule has 8 heteroatoms. The van der Waals surface area contributed by atoms with Crippen molar-refractivity contribution in [1.29, 1.82) is 0 Å². The number of nitrogens with two attached hydrogens (primary N) is 1. The van der Waals surface area contributed by atoms with Crippen LogP contribution in [0.25, 0.3) is 0 Å². The minimum Gasteiger partial charge on any atom is -0.434 e. The molecule has 0 aliphatic carbocycles. The van der Waals surface area contributed by atoms with E-state index in [4.69, 9.17) is 17.3 Å². The summed E-state index contributed by atoms with van der Waals surface area (Å²) in [6.45, 7) is -2.85. The van der Waals surface area contributed by atoms with Gasteiger partial charge in [0.15, 0.2) is 5.96 Å². The first-order valence-electron chi connectivity index (χ1n) is 6.40. The highest BCUT2D eigenvalue weighted by molar-refractivity contribution is 14.0. The van der Waals surface area contributed by atoms with E-state index in [0.29, 0.717) is 10.6 Å². The number of nitrogens with one attached hydrogen (secondary N) is 1. The summed E-state index contributed by atoms with van der Waals surface area (Å²) in [7, 11) is 0. The molecule has 0 fully saturated rings. The van der Waals surface area contributed by atoms with Crippen molar-refractivity contribution in [1.82, 2.24) is 0 Å². The highest BCUT2D eigenvalue weighted by atomic mass is 127. The number of benzene rings is 2. The molecule has 0 saturated carbocycles. The Morgan fingerprint density at radius 2 is 1.91 bits per heavy atom. The zero-order valence-corrected chi connectivity index (χ0v) is 15.0. The molecular formula is C15H15ClF2IN3O. The molecule has 0 bridgehead atoms. The number of aliphatic imine (C=N–C) groups is 1. The second-order valence-electron chi connectivity index (χ2n) is 4.32. The van der Waals surface area contributed by atoms with Crippen molar-refractivity contribution in [3.8, 4) is 5.75 Å². The summed E-state index contributed by atoms with van der Waals surface area (Å²) in [5, 5.41) is 3.30. The van der Waals surface area contributed by atoms with Crippen molar-refractivity contribution in [2.24, 2.45) is 10.7 Å². The number of nitrogens with zero attached hydrogens (tertiary/aromatic N) is 1. The van der Waals surface area contributed by atoms with E-state index in [1.54, 1.807) is 0 Å². The Kier molecular flexibility index (Phi) is 8.04. The van der Waals surface area contributed by atoms with E-state index in [1.807, 2.05) is 30.3 Å². The van der Waals surface area contributed by atoms with Crippen LogP contribution in [-0.2, 0) is 6.54 Å². The third-order valence-corrected chi connectivity index (χ3v) is 2.94. The summed E-state index contributed by atoms with van der Waals surface area (Å²) in [4.78, 5) is 4.10. The molecule has 4 nitrogen and oxygen atoms in total. The number of hydrogen-bond donors (Lipinski definition) is 2. The molecule has 0 aromatic heterocycles. The molecule has 0 spiro atoms. The molecule has 0 unspecified atom stereocenters. The Balaban J connectivity index is 0.00000264. The van der Waals surface area contributed by atoms with Gasteiger partial charge in [-0.2, -0.15) is 8.78 Å². The number of ether oxygens (including phenoxy) is 1. The monoisotopic (exact) mass is 453 g/mol.